The van der Waals surface area contributed by atoms with Crippen molar-refractivity contribution in [3.05, 3.63) is 5.21 Å². The lowest BCUT2D eigenvalue weighted by molar-refractivity contribution is -0.840. The van der Waals surface area contributed by atoms with Crippen molar-refractivity contribution in [1.82, 2.24) is 0 Å². The molecular formula is C13H29NO. The van der Waals surface area contributed by atoms with Crippen LogP contribution in [0, 0.1) is 5.21 Å². The highest BCUT2D eigenvalue weighted by molar-refractivity contribution is 4.46. The van der Waals surface area contributed by atoms with E-state index in [9.17, 15) is 5.21 Å². The van der Waals surface area contributed by atoms with Crippen molar-refractivity contribution in [3.8, 4) is 0 Å². The Morgan fingerprint density at radius 2 is 1.13 bits per heavy atom. The van der Waals surface area contributed by atoms with E-state index in [1.54, 1.807) is 14.1 Å². The van der Waals surface area contributed by atoms with Crippen LogP contribution in [0.25, 0.3) is 0 Å². The van der Waals surface area contributed by atoms with Gasteiger partial charge < -0.3 is 9.85 Å². The molecule has 92 valence electrons. The van der Waals surface area contributed by atoms with Gasteiger partial charge in [0.05, 0.1) is 20.6 Å². The van der Waals surface area contributed by atoms with Crippen LogP contribution in [0.4, 0.5) is 0 Å². The maximum atomic E-state index is 11.2. The van der Waals surface area contributed by atoms with Crippen LogP contribution in [0.15, 0.2) is 0 Å². The third kappa shape index (κ3) is 13.9. The molecule has 0 bridgehead atoms. The Labute approximate surface area is 95.8 Å². The predicted octanol–water partition coefficient (Wildman–Crippen LogP) is 4.09. The van der Waals surface area contributed by atoms with Crippen LogP contribution in [-0.2, 0) is 0 Å². The number of rotatable bonds is 10. The summed E-state index contributed by atoms with van der Waals surface area (Å²) in [6.45, 7) is 3.03. The summed E-state index contributed by atoms with van der Waals surface area (Å²) in [5.41, 5.74) is 0. The average Bonchev–Trinajstić information content (AvgIpc) is 2.14. The third-order valence-electron chi connectivity index (χ3n) is 2.80. The molecule has 0 aromatic heterocycles. The summed E-state index contributed by atoms with van der Waals surface area (Å²) in [5, 5.41) is 11.2. The molecule has 0 saturated carbocycles. The molecule has 0 atom stereocenters. The fraction of sp³-hybridized carbons (Fsp3) is 1.00. The second kappa shape index (κ2) is 9.17. The minimum absolute atomic E-state index is 0.128. The van der Waals surface area contributed by atoms with Crippen molar-refractivity contribution in [2.24, 2.45) is 0 Å². The number of quaternary nitrogens is 1. The number of hydrogen-bond donors (Lipinski definition) is 0. The van der Waals surface area contributed by atoms with E-state index in [0.717, 1.165) is 13.0 Å². The molecule has 0 aliphatic heterocycles. The minimum Gasteiger partial charge on any atom is -0.633 e. The molecule has 0 heterocycles. The summed E-state index contributed by atoms with van der Waals surface area (Å²) < 4.78 is -0.128. The molecule has 0 spiro atoms. The summed E-state index contributed by atoms with van der Waals surface area (Å²) in [5.74, 6) is 0. The van der Waals surface area contributed by atoms with E-state index in [0.29, 0.717) is 0 Å². The number of nitrogens with zero attached hydrogens (tertiary/aromatic N) is 1. The molecule has 2 nitrogen and oxygen atoms in total. The molecule has 0 amide bonds. The van der Waals surface area contributed by atoms with Crippen LogP contribution in [0.1, 0.15) is 64.7 Å². The smallest absolute Gasteiger partial charge is 0.0779 e. The van der Waals surface area contributed by atoms with E-state index >= 15 is 0 Å². The molecule has 0 N–H and O–H groups in total. The van der Waals surface area contributed by atoms with Crippen LogP contribution < -0.4 is 0 Å². The highest BCUT2D eigenvalue weighted by Gasteiger charge is 2.00. The van der Waals surface area contributed by atoms with Crippen molar-refractivity contribution >= 4 is 0 Å². The van der Waals surface area contributed by atoms with Crippen molar-refractivity contribution in [3.63, 3.8) is 0 Å². The lowest BCUT2D eigenvalue weighted by atomic mass is 10.1. The Bertz CT molecular complexity index is 129. The van der Waals surface area contributed by atoms with Crippen LogP contribution in [0.3, 0.4) is 0 Å². The first-order valence-electron chi connectivity index (χ1n) is 6.60. The van der Waals surface area contributed by atoms with Gasteiger partial charge in [0, 0.05) is 0 Å². The number of hydrogen-bond acceptors (Lipinski definition) is 1. The average molecular weight is 215 g/mol. The minimum atomic E-state index is -0.128. The third-order valence-corrected chi connectivity index (χ3v) is 2.80. The molecule has 0 radical (unpaired) electrons. The Morgan fingerprint density at radius 3 is 1.53 bits per heavy atom. The first-order valence-corrected chi connectivity index (χ1v) is 6.60. The lowest BCUT2D eigenvalue weighted by Crippen LogP contribution is -2.32. The van der Waals surface area contributed by atoms with Gasteiger partial charge in [-0.3, -0.25) is 0 Å². The first kappa shape index (κ1) is 14.9. The lowest BCUT2D eigenvalue weighted by Gasteiger charge is -2.33. The van der Waals surface area contributed by atoms with Gasteiger partial charge in [-0.25, -0.2) is 0 Å². The maximum Gasteiger partial charge on any atom is 0.0779 e. The fourth-order valence-corrected chi connectivity index (χ4v) is 1.80. The van der Waals surface area contributed by atoms with Gasteiger partial charge in [0.25, 0.3) is 0 Å². The van der Waals surface area contributed by atoms with Crippen molar-refractivity contribution < 1.29 is 4.65 Å². The van der Waals surface area contributed by atoms with Gasteiger partial charge in [0.1, 0.15) is 0 Å². The topological polar surface area (TPSA) is 23.1 Å². The SMILES string of the molecule is CCCCCCCCCCC[N+](C)(C)[O-]. The molecular weight excluding hydrogens is 186 g/mol. The summed E-state index contributed by atoms with van der Waals surface area (Å²) >= 11 is 0. The van der Waals surface area contributed by atoms with Crippen LogP contribution in [0.5, 0.6) is 0 Å². The number of hydroxylamine groups is 3. The van der Waals surface area contributed by atoms with Gasteiger partial charge in [-0.2, -0.15) is 0 Å². The van der Waals surface area contributed by atoms with Gasteiger partial charge >= 0.3 is 0 Å². The Balaban J connectivity index is 2.99. The summed E-state index contributed by atoms with van der Waals surface area (Å²) in [6, 6.07) is 0. The quantitative estimate of drug-likeness (QED) is 0.306. The Kier molecular flexibility index (Phi) is 9.12. The summed E-state index contributed by atoms with van der Waals surface area (Å²) in [4.78, 5) is 0. The van der Waals surface area contributed by atoms with E-state index in [1.807, 2.05) is 0 Å². The van der Waals surface area contributed by atoms with Crippen molar-refractivity contribution in [1.29, 1.82) is 0 Å². The van der Waals surface area contributed by atoms with Gasteiger partial charge in [-0.1, -0.05) is 51.9 Å². The monoisotopic (exact) mass is 215 g/mol. The van der Waals surface area contributed by atoms with E-state index in [1.165, 1.54) is 51.4 Å². The zero-order chi connectivity index (χ0) is 11.6. The normalized spacial score (nSPS) is 12.0. The molecule has 0 fully saturated rings. The highest BCUT2D eigenvalue weighted by atomic mass is 16.5. The highest BCUT2D eigenvalue weighted by Crippen LogP contribution is 2.10. The van der Waals surface area contributed by atoms with E-state index in [4.69, 9.17) is 0 Å². The fourth-order valence-electron chi connectivity index (χ4n) is 1.80. The molecule has 15 heavy (non-hydrogen) atoms. The van der Waals surface area contributed by atoms with Gasteiger partial charge in [-0.15, -0.1) is 0 Å². The molecule has 2 heteroatoms. The van der Waals surface area contributed by atoms with Gasteiger partial charge in [0.2, 0.25) is 0 Å². The van der Waals surface area contributed by atoms with Crippen molar-refractivity contribution in [2.75, 3.05) is 20.6 Å². The molecule has 0 aromatic rings. The Hall–Kier alpha value is -0.0800. The predicted molar refractivity (Wildman–Crippen MR) is 67.6 cm³/mol. The molecule has 0 rings (SSSR count). The molecule has 0 aromatic carbocycles. The van der Waals surface area contributed by atoms with Crippen molar-refractivity contribution in [2.45, 2.75) is 64.7 Å². The van der Waals surface area contributed by atoms with Gasteiger partial charge in [-0.05, 0) is 12.8 Å². The first-order chi connectivity index (χ1) is 7.06. The molecule has 0 saturated heterocycles. The van der Waals surface area contributed by atoms with Crippen LogP contribution in [0.2, 0.25) is 0 Å². The standard InChI is InChI=1S/C13H29NO/c1-4-5-6-7-8-9-10-11-12-13-14(2,3)15/h4-13H2,1-3H3. The second-order valence-corrected chi connectivity index (χ2v) is 5.13. The van der Waals surface area contributed by atoms with E-state index in [-0.39, 0.29) is 4.65 Å². The molecule has 0 aliphatic rings. The molecule has 0 aliphatic carbocycles. The molecule has 0 unspecified atom stereocenters. The zero-order valence-electron chi connectivity index (χ0n) is 10.9. The van der Waals surface area contributed by atoms with E-state index < -0.39 is 0 Å². The van der Waals surface area contributed by atoms with Crippen LogP contribution in [-0.4, -0.2) is 25.3 Å². The number of unbranched alkanes of at least 4 members (excludes halogenated alkanes) is 8. The zero-order valence-corrected chi connectivity index (χ0v) is 10.9. The van der Waals surface area contributed by atoms with Crippen LogP contribution >= 0.6 is 0 Å². The summed E-state index contributed by atoms with van der Waals surface area (Å²) in [7, 11) is 3.45. The van der Waals surface area contributed by atoms with Gasteiger partial charge in [0.15, 0.2) is 0 Å². The summed E-state index contributed by atoms with van der Waals surface area (Å²) in [6.07, 6.45) is 11.9. The van der Waals surface area contributed by atoms with E-state index in [2.05, 4.69) is 6.92 Å². The maximum absolute atomic E-state index is 11.2. The Morgan fingerprint density at radius 1 is 0.733 bits per heavy atom. The largest absolute Gasteiger partial charge is 0.633 e. The second-order valence-electron chi connectivity index (χ2n) is 5.13.